The lowest BCUT2D eigenvalue weighted by molar-refractivity contribution is 0.407. The molecular weight excluding hydrogens is 236 g/mol. The molecule has 1 atom stereocenters. The SMILES string of the molecule is COc1ccc(C)cc1C(N)c1cc(C)nc(C)c1. The zero-order chi connectivity index (χ0) is 14.0. The molecule has 19 heavy (non-hydrogen) atoms. The highest BCUT2D eigenvalue weighted by Gasteiger charge is 2.15. The Hall–Kier alpha value is -1.87. The highest BCUT2D eigenvalue weighted by molar-refractivity contribution is 5.44. The van der Waals surface area contributed by atoms with Crippen LogP contribution in [0, 0.1) is 20.8 Å². The van der Waals surface area contributed by atoms with Gasteiger partial charge in [-0.2, -0.15) is 0 Å². The Bertz CT molecular complexity index is 573. The molecule has 0 bridgehead atoms. The molecule has 0 aliphatic carbocycles. The van der Waals surface area contributed by atoms with E-state index in [0.717, 1.165) is 28.3 Å². The van der Waals surface area contributed by atoms with Crippen LogP contribution < -0.4 is 10.5 Å². The van der Waals surface area contributed by atoms with Gasteiger partial charge in [-0.25, -0.2) is 0 Å². The zero-order valence-corrected chi connectivity index (χ0v) is 11.9. The van der Waals surface area contributed by atoms with E-state index in [4.69, 9.17) is 10.5 Å². The van der Waals surface area contributed by atoms with Gasteiger partial charge < -0.3 is 10.5 Å². The maximum atomic E-state index is 6.39. The van der Waals surface area contributed by atoms with Gasteiger partial charge in [0.15, 0.2) is 0 Å². The minimum Gasteiger partial charge on any atom is -0.496 e. The van der Waals surface area contributed by atoms with E-state index in [1.54, 1.807) is 7.11 Å². The van der Waals surface area contributed by atoms with E-state index in [1.807, 2.05) is 38.1 Å². The number of hydrogen-bond donors (Lipinski definition) is 1. The van der Waals surface area contributed by atoms with Crippen LogP contribution in [0.15, 0.2) is 30.3 Å². The molecule has 2 aromatic rings. The third-order valence-electron chi connectivity index (χ3n) is 3.18. The molecule has 0 spiro atoms. The molecule has 0 aliphatic heterocycles. The maximum absolute atomic E-state index is 6.39. The van der Waals surface area contributed by atoms with Crippen molar-refractivity contribution in [2.75, 3.05) is 7.11 Å². The molecule has 3 heteroatoms. The van der Waals surface area contributed by atoms with Gasteiger partial charge in [0.1, 0.15) is 5.75 Å². The number of aromatic nitrogens is 1. The minimum atomic E-state index is -0.199. The molecule has 1 aromatic heterocycles. The molecule has 0 saturated heterocycles. The summed E-state index contributed by atoms with van der Waals surface area (Å²) in [6, 6.07) is 9.92. The van der Waals surface area contributed by atoms with Gasteiger partial charge in [0, 0.05) is 17.0 Å². The van der Waals surface area contributed by atoms with Gasteiger partial charge in [0.2, 0.25) is 0 Å². The molecule has 0 radical (unpaired) electrons. The van der Waals surface area contributed by atoms with Crippen LogP contribution in [-0.4, -0.2) is 12.1 Å². The Morgan fingerprint density at radius 1 is 1.05 bits per heavy atom. The van der Waals surface area contributed by atoms with E-state index in [0.29, 0.717) is 0 Å². The number of aryl methyl sites for hydroxylation is 3. The van der Waals surface area contributed by atoms with Crippen molar-refractivity contribution in [3.8, 4) is 5.75 Å². The second-order valence-electron chi connectivity index (χ2n) is 4.91. The number of rotatable bonds is 3. The van der Waals surface area contributed by atoms with Gasteiger partial charge in [-0.1, -0.05) is 17.7 Å². The number of ether oxygens (including phenoxy) is 1. The van der Waals surface area contributed by atoms with Gasteiger partial charge >= 0.3 is 0 Å². The molecule has 0 fully saturated rings. The number of nitrogens with zero attached hydrogens (tertiary/aromatic N) is 1. The Balaban J connectivity index is 2.48. The summed E-state index contributed by atoms with van der Waals surface area (Å²) in [6.07, 6.45) is 0. The van der Waals surface area contributed by atoms with E-state index in [-0.39, 0.29) is 6.04 Å². The summed E-state index contributed by atoms with van der Waals surface area (Å²) in [7, 11) is 1.67. The summed E-state index contributed by atoms with van der Waals surface area (Å²) in [4.78, 5) is 4.38. The number of nitrogens with two attached hydrogens (primary N) is 1. The van der Waals surface area contributed by atoms with Crippen LogP contribution in [0.2, 0.25) is 0 Å². The van der Waals surface area contributed by atoms with E-state index in [2.05, 4.69) is 18.0 Å². The average molecular weight is 256 g/mol. The first-order valence-electron chi connectivity index (χ1n) is 6.36. The fraction of sp³-hybridized carbons (Fsp3) is 0.312. The molecule has 1 unspecified atom stereocenters. The van der Waals surface area contributed by atoms with Gasteiger partial charge in [-0.05, 0) is 44.5 Å². The zero-order valence-electron chi connectivity index (χ0n) is 11.9. The molecule has 0 aliphatic rings. The van der Waals surface area contributed by atoms with Gasteiger partial charge in [0.05, 0.1) is 13.2 Å². The lowest BCUT2D eigenvalue weighted by Crippen LogP contribution is -2.14. The smallest absolute Gasteiger partial charge is 0.123 e. The predicted octanol–water partition coefficient (Wildman–Crippen LogP) is 3.06. The van der Waals surface area contributed by atoms with Crippen LogP contribution in [-0.2, 0) is 0 Å². The molecule has 3 nitrogen and oxygen atoms in total. The third kappa shape index (κ3) is 2.93. The second-order valence-corrected chi connectivity index (χ2v) is 4.91. The quantitative estimate of drug-likeness (QED) is 0.918. The monoisotopic (exact) mass is 256 g/mol. The molecule has 0 saturated carbocycles. The van der Waals surface area contributed by atoms with Crippen molar-refractivity contribution in [3.05, 3.63) is 58.4 Å². The van der Waals surface area contributed by atoms with Crippen LogP contribution >= 0.6 is 0 Å². The van der Waals surface area contributed by atoms with Crippen LogP contribution in [0.1, 0.15) is 34.1 Å². The van der Waals surface area contributed by atoms with Gasteiger partial charge in [0.25, 0.3) is 0 Å². The fourth-order valence-corrected chi connectivity index (χ4v) is 2.32. The van der Waals surface area contributed by atoms with E-state index >= 15 is 0 Å². The van der Waals surface area contributed by atoms with E-state index < -0.39 is 0 Å². The molecule has 100 valence electrons. The fourth-order valence-electron chi connectivity index (χ4n) is 2.32. The summed E-state index contributed by atoms with van der Waals surface area (Å²) in [5.41, 5.74) is 11.6. The lowest BCUT2D eigenvalue weighted by atomic mass is 9.97. The number of benzene rings is 1. The molecular formula is C16H20N2O. The van der Waals surface area contributed by atoms with E-state index in [9.17, 15) is 0 Å². The Labute approximate surface area is 114 Å². The second kappa shape index (κ2) is 5.41. The maximum Gasteiger partial charge on any atom is 0.123 e. The topological polar surface area (TPSA) is 48.1 Å². The van der Waals surface area contributed by atoms with Crippen LogP contribution in [0.3, 0.4) is 0 Å². The highest BCUT2D eigenvalue weighted by Crippen LogP contribution is 2.29. The first-order valence-corrected chi connectivity index (χ1v) is 6.36. The number of pyridine rings is 1. The van der Waals surface area contributed by atoms with Crippen molar-refractivity contribution in [3.63, 3.8) is 0 Å². The molecule has 1 heterocycles. The van der Waals surface area contributed by atoms with Crippen LogP contribution in [0.4, 0.5) is 0 Å². The summed E-state index contributed by atoms with van der Waals surface area (Å²) < 4.78 is 5.41. The van der Waals surface area contributed by atoms with Crippen molar-refractivity contribution >= 4 is 0 Å². The Morgan fingerprint density at radius 3 is 2.26 bits per heavy atom. The summed E-state index contributed by atoms with van der Waals surface area (Å²) >= 11 is 0. The van der Waals surface area contributed by atoms with E-state index in [1.165, 1.54) is 5.56 Å². The van der Waals surface area contributed by atoms with Crippen molar-refractivity contribution in [2.24, 2.45) is 5.73 Å². The van der Waals surface area contributed by atoms with Crippen molar-refractivity contribution in [2.45, 2.75) is 26.8 Å². The molecule has 2 N–H and O–H groups in total. The lowest BCUT2D eigenvalue weighted by Gasteiger charge is -2.17. The largest absolute Gasteiger partial charge is 0.496 e. The number of hydrogen-bond acceptors (Lipinski definition) is 3. The normalized spacial score (nSPS) is 12.3. The van der Waals surface area contributed by atoms with Crippen molar-refractivity contribution < 1.29 is 4.74 Å². The Kier molecular flexibility index (Phi) is 3.86. The number of methoxy groups -OCH3 is 1. The first-order chi connectivity index (χ1) is 9.01. The molecule has 1 aromatic carbocycles. The van der Waals surface area contributed by atoms with Crippen LogP contribution in [0.25, 0.3) is 0 Å². The van der Waals surface area contributed by atoms with Crippen molar-refractivity contribution in [1.82, 2.24) is 4.98 Å². The summed E-state index contributed by atoms with van der Waals surface area (Å²) in [5.74, 6) is 0.824. The van der Waals surface area contributed by atoms with Gasteiger partial charge in [-0.3, -0.25) is 4.98 Å². The van der Waals surface area contributed by atoms with Crippen LogP contribution in [0.5, 0.6) is 5.75 Å². The highest BCUT2D eigenvalue weighted by atomic mass is 16.5. The first kappa shape index (κ1) is 13.6. The summed E-state index contributed by atoms with van der Waals surface area (Å²) in [6.45, 7) is 6.02. The summed E-state index contributed by atoms with van der Waals surface area (Å²) in [5, 5.41) is 0. The molecule has 2 rings (SSSR count). The standard InChI is InChI=1S/C16H20N2O/c1-10-5-6-15(19-4)14(7-10)16(17)13-8-11(2)18-12(3)9-13/h5-9,16H,17H2,1-4H3. The molecule has 0 amide bonds. The van der Waals surface area contributed by atoms with Gasteiger partial charge in [-0.15, -0.1) is 0 Å². The average Bonchev–Trinajstić information content (AvgIpc) is 2.36. The minimum absolute atomic E-state index is 0.199. The third-order valence-corrected chi connectivity index (χ3v) is 3.18. The Morgan fingerprint density at radius 2 is 1.68 bits per heavy atom. The predicted molar refractivity (Wildman–Crippen MR) is 77.5 cm³/mol. The van der Waals surface area contributed by atoms with Crippen molar-refractivity contribution in [1.29, 1.82) is 0 Å².